The van der Waals surface area contributed by atoms with Crippen LogP contribution < -0.4 is 0 Å². The van der Waals surface area contributed by atoms with Crippen LogP contribution in [0, 0.1) is 13.8 Å². The van der Waals surface area contributed by atoms with Crippen LogP contribution in [0.5, 0.6) is 0 Å². The number of aryl methyl sites for hydroxylation is 2. The Labute approximate surface area is 80.5 Å². The summed E-state index contributed by atoms with van der Waals surface area (Å²) < 4.78 is 0. The molecule has 0 bridgehead atoms. The molecule has 2 rings (SSSR count). The predicted molar refractivity (Wildman–Crippen MR) is 59.0 cm³/mol. The lowest BCUT2D eigenvalue weighted by molar-refractivity contribution is 1.22. The molecule has 0 radical (unpaired) electrons. The van der Waals surface area contributed by atoms with Crippen LogP contribution in [0.1, 0.15) is 26.7 Å². The van der Waals surface area contributed by atoms with Gasteiger partial charge in [-0.05, 0) is 26.0 Å². The summed E-state index contributed by atoms with van der Waals surface area (Å²) in [6.45, 7) is 8.05. The van der Waals surface area contributed by atoms with Gasteiger partial charge in [0.15, 0.2) is 0 Å². The van der Waals surface area contributed by atoms with Crippen molar-refractivity contribution in [2.75, 3.05) is 0 Å². The van der Waals surface area contributed by atoms with E-state index in [1.54, 1.807) is 0 Å². The Morgan fingerprint density at radius 2 is 1.92 bits per heavy atom. The van der Waals surface area contributed by atoms with E-state index < -0.39 is 0 Å². The van der Waals surface area contributed by atoms with Gasteiger partial charge in [-0.2, -0.15) is 0 Å². The van der Waals surface area contributed by atoms with Gasteiger partial charge in [0.05, 0.1) is 0 Å². The van der Waals surface area contributed by atoms with Crippen molar-refractivity contribution in [1.82, 2.24) is 9.97 Å². The third-order valence-electron chi connectivity index (χ3n) is 1.78. The number of pyridine rings is 1. The molecule has 0 fully saturated rings. The highest BCUT2D eigenvalue weighted by molar-refractivity contribution is 5.79. The highest BCUT2D eigenvalue weighted by Crippen LogP contribution is 2.13. The Balaban J connectivity index is 0.000000531. The first-order valence-corrected chi connectivity index (χ1v) is 4.68. The lowest BCUT2D eigenvalue weighted by atomic mass is 10.3. The van der Waals surface area contributed by atoms with Crippen molar-refractivity contribution in [2.45, 2.75) is 27.7 Å². The average Bonchev–Trinajstić information content (AvgIpc) is 2.48. The molecule has 1 N–H and O–H groups in total. The van der Waals surface area contributed by atoms with E-state index >= 15 is 0 Å². The Bertz CT molecular complexity index is 393. The van der Waals surface area contributed by atoms with Crippen LogP contribution in [0.2, 0.25) is 0 Å². The lowest BCUT2D eigenvalue weighted by Crippen LogP contribution is -1.77. The Hall–Kier alpha value is -1.31. The zero-order valence-corrected chi connectivity index (χ0v) is 8.68. The third kappa shape index (κ3) is 2.08. The van der Waals surface area contributed by atoms with Gasteiger partial charge < -0.3 is 4.98 Å². The van der Waals surface area contributed by atoms with Gasteiger partial charge in [0.1, 0.15) is 0 Å². The van der Waals surface area contributed by atoms with E-state index in [0.29, 0.717) is 0 Å². The van der Waals surface area contributed by atoms with E-state index in [0.717, 1.165) is 5.69 Å². The smallest absolute Gasteiger partial charge is 0.0489 e. The molecule has 0 aliphatic carbocycles. The molecule has 0 saturated carbocycles. The molecular formula is C11H18N2. The topological polar surface area (TPSA) is 28.7 Å². The van der Waals surface area contributed by atoms with Crippen molar-refractivity contribution in [2.24, 2.45) is 0 Å². The molecule has 0 unspecified atom stereocenters. The fourth-order valence-electron chi connectivity index (χ4n) is 1.28. The minimum atomic E-state index is 0. The maximum atomic E-state index is 4.20. The highest BCUT2D eigenvalue weighted by Gasteiger charge is 1.96. The van der Waals surface area contributed by atoms with Crippen molar-refractivity contribution < 1.29 is 1.43 Å². The summed E-state index contributed by atoms with van der Waals surface area (Å²) in [5.41, 5.74) is 3.42. The van der Waals surface area contributed by atoms with Gasteiger partial charge in [-0.15, -0.1) is 0 Å². The Morgan fingerprint density at radius 3 is 2.62 bits per heavy atom. The Kier molecular flexibility index (Phi) is 3.07. The van der Waals surface area contributed by atoms with Crippen LogP contribution in [-0.4, -0.2) is 9.97 Å². The van der Waals surface area contributed by atoms with Gasteiger partial charge in [-0.3, -0.25) is 4.98 Å². The first kappa shape index (κ1) is 9.78. The summed E-state index contributed by atoms with van der Waals surface area (Å²) in [5.74, 6) is 0. The normalized spacial score (nSPS) is 9.54. The number of aromatic amines is 1. The second-order valence-electron chi connectivity index (χ2n) is 2.87. The SMILES string of the molecule is CC.Cc1cc2[nH]c(C)cc2cn1.[HH]. The van der Waals surface area contributed by atoms with Crippen LogP contribution in [-0.2, 0) is 0 Å². The maximum Gasteiger partial charge on any atom is 0.0489 e. The van der Waals surface area contributed by atoms with Gasteiger partial charge in [0.25, 0.3) is 0 Å². The largest absolute Gasteiger partial charge is 0.359 e. The summed E-state index contributed by atoms with van der Waals surface area (Å²) in [4.78, 5) is 7.46. The van der Waals surface area contributed by atoms with E-state index in [1.165, 1.54) is 16.6 Å². The monoisotopic (exact) mass is 178 g/mol. The lowest BCUT2D eigenvalue weighted by Gasteiger charge is -1.90. The molecule has 72 valence electrons. The highest BCUT2D eigenvalue weighted by atomic mass is 14.7. The van der Waals surface area contributed by atoms with E-state index in [4.69, 9.17) is 0 Å². The molecule has 0 aliphatic rings. The van der Waals surface area contributed by atoms with E-state index in [9.17, 15) is 0 Å². The molecule has 0 aliphatic heterocycles. The number of nitrogens with zero attached hydrogens (tertiary/aromatic N) is 1. The molecule has 0 saturated heterocycles. The van der Waals surface area contributed by atoms with Crippen molar-refractivity contribution in [3.8, 4) is 0 Å². The summed E-state index contributed by atoms with van der Waals surface area (Å²) in [7, 11) is 0. The zero-order valence-electron chi connectivity index (χ0n) is 8.68. The number of H-pyrrole nitrogens is 1. The number of fused-ring (bicyclic) bond motifs is 1. The fraction of sp³-hybridized carbons (Fsp3) is 0.364. The molecule has 13 heavy (non-hydrogen) atoms. The standard InChI is InChI=1S/C9H10N2.C2H6.H2/c1-6-4-9-8(5-10-6)3-7(2)11-9;1-2;/h3-5,11H,1-2H3;1-2H3;1H. The minimum Gasteiger partial charge on any atom is -0.359 e. The van der Waals surface area contributed by atoms with Crippen molar-refractivity contribution in [3.63, 3.8) is 0 Å². The van der Waals surface area contributed by atoms with Crippen LogP contribution in [0.15, 0.2) is 18.3 Å². The van der Waals surface area contributed by atoms with E-state index in [-0.39, 0.29) is 1.43 Å². The molecule has 2 aromatic heterocycles. The summed E-state index contributed by atoms with van der Waals surface area (Å²) in [6, 6.07) is 4.16. The first-order valence-electron chi connectivity index (χ1n) is 4.68. The quantitative estimate of drug-likeness (QED) is 0.657. The van der Waals surface area contributed by atoms with E-state index in [2.05, 4.69) is 29.0 Å². The molecule has 0 amide bonds. The second kappa shape index (κ2) is 4.08. The summed E-state index contributed by atoms with van der Waals surface area (Å²) >= 11 is 0. The third-order valence-corrected chi connectivity index (χ3v) is 1.78. The predicted octanol–water partition coefficient (Wildman–Crippen LogP) is 3.45. The van der Waals surface area contributed by atoms with Crippen molar-refractivity contribution >= 4 is 10.9 Å². The van der Waals surface area contributed by atoms with Gasteiger partial charge >= 0.3 is 0 Å². The molecule has 0 spiro atoms. The molecule has 2 heteroatoms. The van der Waals surface area contributed by atoms with Crippen LogP contribution in [0.25, 0.3) is 10.9 Å². The average molecular weight is 178 g/mol. The van der Waals surface area contributed by atoms with E-state index in [1.807, 2.05) is 27.0 Å². The summed E-state index contributed by atoms with van der Waals surface area (Å²) in [6.07, 6.45) is 1.90. The molecule has 2 nitrogen and oxygen atoms in total. The first-order chi connectivity index (χ1) is 6.25. The molecule has 2 aromatic rings. The van der Waals surface area contributed by atoms with Gasteiger partial charge in [0, 0.05) is 29.9 Å². The van der Waals surface area contributed by atoms with Crippen LogP contribution in [0.4, 0.5) is 0 Å². The molecule has 2 heterocycles. The Morgan fingerprint density at radius 1 is 1.23 bits per heavy atom. The van der Waals surface area contributed by atoms with Gasteiger partial charge in [-0.1, -0.05) is 13.8 Å². The zero-order chi connectivity index (χ0) is 9.84. The van der Waals surface area contributed by atoms with Crippen LogP contribution >= 0.6 is 0 Å². The maximum absolute atomic E-state index is 4.20. The van der Waals surface area contributed by atoms with Crippen molar-refractivity contribution in [3.05, 3.63) is 29.7 Å². The minimum absolute atomic E-state index is 0. The fourth-order valence-corrected chi connectivity index (χ4v) is 1.28. The molecular weight excluding hydrogens is 160 g/mol. The summed E-state index contributed by atoms with van der Waals surface area (Å²) in [5, 5.41) is 1.19. The molecule has 0 atom stereocenters. The van der Waals surface area contributed by atoms with Gasteiger partial charge in [-0.25, -0.2) is 0 Å². The number of hydrogen-bond acceptors (Lipinski definition) is 1. The molecule has 0 aromatic carbocycles. The number of aromatic nitrogens is 2. The second-order valence-corrected chi connectivity index (χ2v) is 2.87. The number of rotatable bonds is 0. The number of nitrogens with one attached hydrogen (secondary N) is 1. The van der Waals surface area contributed by atoms with Gasteiger partial charge in [0.2, 0.25) is 0 Å². The number of hydrogen-bond donors (Lipinski definition) is 1. The van der Waals surface area contributed by atoms with Crippen LogP contribution in [0.3, 0.4) is 0 Å². The van der Waals surface area contributed by atoms with Crippen molar-refractivity contribution in [1.29, 1.82) is 0 Å².